The molecule has 0 saturated heterocycles. The van der Waals surface area contributed by atoms with Crippen molar-refractivity contribution in [2.75, 3.05) is 16.8 Å². The van der Waals surface area contributed by atoms with Crippen molar-refractivity contribution in [1.29, 1.82) is 5.26 Å². The van der Waals surface area contributed by atoms with Crippen molar-refractivity contribution in [3.8, 4) is 11.8 Å². The molecule has 0 bridgehead atoms. The van der Waals surface area contributed by atoms with Crippen molar-refractivity contribution >= 4 is 29.5 Å². The molecule has 28 heavy (non-hydrogen) atoms. The summed E-state index contributed by atoms with van der Waals surface area (Å²) in [4.78, 5) is 23.9. The zero-order valence-electron chi connectivity index (χ0n) is 16.2. The van der Waals surface area contributed by atoms with Crippen LogP contribution >= 0.6 is 11.8 Å². The molecule has 6 nitrogen and oxygen atoms in total. The number of amides is 1. The highest BCUT2D eigenvalue weighted by Crippen LogP contribution is 2.30. The lowest BCUT2D eigenvalue weighted by molar-refractivity contribution is -0.144. The van der Waals surface area contributed by atoms with E-state index in [0.717, 1.165) is 17.5 Å². The summed E-state index contributed by atoms with van der Waals surface area (Å²) in [6, 6.07) is 8.02. The van der Waals surface area contributed by atoms with Gasteiger partial charge in [0.15, 0.2) is 0 Å². The summed E-state index contributed by atoms with van der Waals surface area (Å²) < 4.78 is 20.4. The fraction of sp³-hybridized carbons (Fsp3) is 0.350. The molecule has 1 N–H and O–H groups in total. The summed E-state index contributed by atoms with van der Waals surface area (Å²) in [5.74, 6) is -0.810. The summed E-state index contributed by atoms with van der Waals surface area (Å²) in [6.07, 6.45) is -0.208. The van der Waals surface area contributed by atoms with Crippen LogP contribution in [0.4, 0.5) is 10.2 Å². The average molecular weight is 403 g/mol. The molecule has 1 heterocycles. The molecule has 0 unspecified atom stereocenters. The Morgan fingerprint density at radius 1 is 1.32 bits per heavy atom. The number of rotatable bonds is 7. The van der Waals surface area contributed by atoms with E-state index in [4.69, 9.17) is 4.74 Å². The number of halogens is 1. The minimum absolute atomic E-state index is 0.0183. The first-order valence-corrected chi connectivity index (χ1v) is 9.85. The largest absolute Gasteiger partial charge is 0.462 e. The molecule has 148 valence electrons. The maximum atomic E-state index is 13.7. The molecule has 0 aliphatic rings. The molecule has 8 heteroatoms. The first-order chi connectivity index (χ1) is 13.2. The molecule has 0 aliphatic carbocycles. The average Bonchev–Trinajstić information content (AvgIpc) is 2.84. The highest BCUT2D eigenvalue weighted by atomic mass is 32.2. The van der Waals surface area contributed by atoms with Gasteiger partial charge in [0.25, 0.3) is 0 Å². The summed E-state index contributed by atoms with van der Waals surface area (Å²) in [5, 5.41) is 12.3. The highest BCUT2D eigenvalue weighted by Gasteiger charge is 2.21. The van der Waals surface area contributed by atoms with E-state index in [9.17, 15) is 19.2 Å². The van der Waals surface area contributed by atoms with Crippen LogP contribution in [0.5, 0.6) is 0 Å². The van der Waals surface area contributed by atoms with Crippen LogP contribution in [0.2, 0.25) is 0 Å². The van der Waals surface area contributed by atoms with E-state index in [1.807, 2.05) is 0 Å². The van der Waals surface area contributed by atoms with Gasteiger partial charge in [-0.2, -0.15) is 5.26 Å². The molecule has 0 spiro atoms. The smallest absolute Gasteiger partial charge is 0.316 e. The highest BCUT2D eigenvalue weighted by molar-refractivity contribution is 8.00. The standard InChI is InChI=1S/C20H22FN3O3S/c1-12(2)27-19(26)11-28-10-18(25)23-20-17(9-22)13(3)14(4)24(20)16-7-5-6-15(21)8-16/h5-8,12H,10-11H2,1-4H3,(H,23,25). The molecular weight excluding hydrogens is 381 g/mol. The van der Waals surface area contributed by atoms with Crippen molar-refractivity contribution in [2.24, 2.45) is 0 Å². The number of hydrogen-bond acceptors (Lipinski definition) is 5. The number of nitriles is 1. The topological polar surface area (TPSA) is 84.1 Å². The minimum Gasteiger partial charge on any atom is -0.462 e. The van der Waals surface area contributed by atoms with Crippen LogP contribution in [0, 0.1) is 31.0 Å². The lowest BCUT2D eigenvalue weighted by atomic mass is 10.2. The maximum absolute atomic E-state index is 13.7. The molecule has 2 rings (SSSR count). The lowest BCUT2D eigenvalue weighted by Gasteiger charge is -2.13. The molecule has 0 fully saturated rings. The molecule has 0 aliphatic heterocycles. The van der Waals surface area contributed by atoms with Crippen LogP contribution in [0.25, 0.3) is 5.69 Å². The number of anilines is 1. The van der Waals surface area contributed by atoms with E-state index >= 15 is 0 Å². The number of benzene rings is 1. The Kier molecular flexibility index (Phi) is 7.24. The van der Waals surface area contributed by atoms with Gasteiger partial charge in [0.05, 0.1) is 28.9 Å². The SMILES string of the molecule is Cc1c(C#N)c(NC(=O)CSCC(=O)OC(C)C)n(-c2cccc(F)c2)c1C. The lowest BCUT2D eigenvalue weighted by Crippen LogP contribution is -2.19. The Morgan fingerprint density at radius 2 is 2.04 bits per heavy atom. The Labute approximate surface area is 167 Å². The maximum Gasteiger partial charge on any atom is 0.316 e. The van der Waals surface area contributed by atoms with Gasteiger partial charge >= 0.3 is 5.97 Å². The van der Waals surface area contributed by atoms with Gasteiger partial charge in [0.2, 0.25) is 5.91 Å². The first-order valence-electron chi connectivity index (χ1n) is 8.69. The zero-order chi connectivity index (χ0) is 20.8. The van der Waals surface area contributed by atoms with E-state index in [0.29, 0.717) is 22.6 Å². The van der Waals surface area contributed by atoms with Gasteiger partial charge in [-0.25, -0.2) is 4.39 Å². The number of hydrogen-bond donors (Lipinski definition) is 1. The summed E-state index contributed by atoms with van der Waals surface area (Å²) >= 11 is 1.12. The molecule has 1 amide bonds. The summed E-state index contributed by atoms with van der Waals surface area (Å²) in [6.45, 7) is 7.08. The Balaban J connectivity index is 2.21. The Bertz CT molecular complexity index is 932. The van der Waals surface area contributed by atoms with Gasteiger partial charge in [-0.15, -0.1) is 11.8 Å². The van der Waals surface area contributed by atoms with Crippen LogP contribution in [0.15, 0.2) is 24.3 Å². The van der Waals surface area contributed by atoms with Gasteiger partial charge in [0, 0.05) is 5.69 Å². The number of carbonyl (C=O) groups excluding carboxylic acids is 2. The second kappa shape index (κ2) is 9.42. The monoisotopic (exact) mass is 403 g/mol. The van der Waals surface area contributed by atoms with Crippen LogP contribution < -0.4 is 5.32 Å². The van der Waals surface area contributed by atoms with Crippen LogP contribution in [-0.4, -0.2) is 34.1 Å². The third kappa shape index (κ3) is 5.14. The van der Waals surface area contributed by atoms with Crippen LogP contribution in [0.3, 0.4) is 0 Å². The quantitative estimate of drug-likeness (QED) is 0.712. The predicted octanol–water partition coefficient (Wildman–Crippen LogP) is 3.73. The predicted molar refractivity (Wildman–Crippen MR) is 107 cm³/mol. The molecular formula is C20H22FN3O3S. The molecule has 0 saturated carbocycles. The number of nitrogens with zero attached hydrogens (tertiary/aromatic N) is 2. The van der Waals surface area contributed by atoms with Gasteiger partial charge in [0.1, 0.15) is 17.7 Å². The van der Waals surface area contributed by atoms with Crippen LogP contribution in [0.1, 0.15) is 30.7 Å². The van der Waals surface area contributed by atoms with Gasteiger partial charge < -0.3 is 10.1 Å². The molecule has 0 atom stereocenters. The van der Waals surface area contributed by atoms with Crippen molar-refractivity contribution in [3.05, 3.63) is 46.9 Å². The van der Waals surface area contributed by atoms with E-state index in [-0.39, 0.29) is 29.5 Å². The fourth-order valence-corrected chi connectivity index (χ4v) is 3.29. The fourth-order valence-electron chi connectivity index (χ4n) is 2.69. The Hall–Kier alpha value is -2.79. The van der Waals surface area contributed by atoms with Crippen molar-refractivity contribution < 1.29 is 18.7 Å². The number of aromatic nitrogens is 1. The van der Waals surface area contributed by atoms with Crippen LogP contribution in [-0.2, 0) is 14.3 Å². The number of esters is 1. The second-order valence-corrected chi connectivity index (χ2v) is 7.43. The van der Waals surface area contributed by atoms with Gasteiger partial charge in [-0.05, 0) is 51.5 Å². The Morgan fingerprint density at radius 3 is 2.64 bits per heavy atom. The molecule has 2 aromatic rings. The molecule has 1 aromatic heterocycles. The normalized spacial score (nSPS) is 10.6. The summed E-state index contributed by atoms with van der Waals surface area (Å²) in [5.41, 5.74) is 2.26. The second-order valence-electron chi connectivity index (χ2n) is 6.44. The minimum atomic E-state index is -0.418. The van der Waals surface area contributed by atoms with Gasteiger partial charge in [-0.3, -0.25) is 14.2 Å². The molecule has 1 aromatic carbocycles. The molecule has 0 radical (unpaired) electrons. The third-order valence-electron chi connectivity index (χ3n) is 3.97. The van der Waals surface area contributed by atoms with Gasteiger partial charge in [-0.1, -0.05) is 6.07 Å². The number of carbonyl (C=O) groups is 2. The number of ether oxygens (including phenoxy) is 1. The van der Waals surface area contributed by atoms with Crippen molar-refractivity contribution in [2.45, 2.75) is 33.8 Å². The summed E-state index contributed by atoms with van der Waals surface area (Å²) in [7, 11) is 0. The number of thioether (sulfide) groups is 1. The third-order valence-corrected chi connectivity index (χ3v) is 4.88. The van der Waals surface area contributed by atoms with E-state index < -0.39 is 5.82 Å². The van der Waals surface area contributed by atoms with E-state index in [2.05, 4.69) is 11.4 Å². The number of nitrogens with one attached hydrogen (secondary N) is 1. The van der Waals surface area contributed by atoms with E-state index in [1.54, 1.807) is 44.4 Å². The van der Waals surface area contributed by atoms with Crippen molar-refractivity contribution in [1.82, 2.24) is 4.57 Å². The van der Waals surface area contributed by atoms with E-state index in [1.165, 1.54) is 12.1 Å². The zero-order valence-corrected chi connectivity index (χ0v) is 17.0. The van der Waals surface area contributed by atoms with Crippen molar-refractivity contribution in [3.63, 3.8) is 0 Å². The first kappa shape index (κ1) is 21.5.